The van der Waals surface area contributed by atoms with Crippen molar-refractivity contribution >= 4 is 27.7 Å². The third-order valence-electron chi connectivity index (χ3n) is 6.05. The predicted octanol–water partition coefficient (Wildman–Crippen LogP) is 4.02. The summed E-state index contributed by atoms with van der Waals surface area (Å²) < 4.78 is 2.22. The van der Waals surface area contributed by atoms with Gasteiger partial charge in [-0.15, -0.1) is 0 Å². The monoisotopic (exact) mass is 372 g/mol. The Balaban J connectivity index is 1.69. The summed E-state index contributed by atoms with van der Waals surface area (Å²) in [5, 5.41) is 2.32. The molecule has 0 saturated carbocycles. The Morgan fingerprint density at radius 3 is 2.64 bits per heavy atom. The van der Waals surface area contributed by atoms with Gasteiger partial charge < -0.3 is 20.2 Å². The first-order chi connectivity index (χ1) is 13.6. The summed E-state index contributed by atoms with van der Waals surface area (Å²) in [5.41, 5.74) is 9.66. The lowest BCUT2D eigenvalue weighted by atomic mass is 9.89. The number of nitrogens with zero attached hydrogens (tertiary/aromatic N) is 2. The highest BCUT2D eigenvalue weighted by atomic mass is 16.1. The molecule has 1 aliphatic heterocycles. The minimum atomic E-state index is -0.380. The van der Waals surface area contributed by atoms with Crippen LogP contribution in [-0.2, 0) is 0 Å². The van der Waals surface area contributed by atoms with Crippen LogP contribution in [0.3, 0.4) is 0 Å². The molecule has 0 spiro atoms. The molecule has 0 atom stereocenters. The van der Waals surface area contributed by atoms with E-state index in [4.69, 9.17) is 5.73 Å². The Bertz CT molecular complexity index is 1140. The van der Waals surface area contributed by atoms with Crippen molar-refractivity contribution in [3.63, 3.8) is 0 Å². The number of primary amides is 1. The lowest BCUT2D eigenvalue weighted by Gasteiger charge is -2.28. The van der Waals surface area contributed by atoms with Crippen LogP contribution in [0.15, 0.2) is 54.7 Å². The first kappa shape index (κ1) is 17.1. The number of carbonyl (C=O) groups is 1. The number of para-hydroxylation sites is 1. The molecule has 0 bridgehead atoms. The third-order valence-corrected chi connectivity index (χ3v) is 6.05. The topological polar surface area (TPSA) is 67.1 Å². The largest absolute Gasteiger partial charge is 0.366 e. The molecule has 0 radical (unpaired) electrons. The maximum Gasteiger partial charge on any atom is 0.248 e. The van der Waals surface area contributed by atoms with Gasteiger partial charge in [0, 0.05) is 28.0 Å². The van der Waals surface area contributed by atoms with Gasteiger partial charge in [-0.1, -0.05) is 18.2 Å². The Morgan fingerprint density at radius 2 is 1.89 bits per heavy atom. The highest BCUT2D eigenvalue weighted by Gasteiger charge is 2.23. The molecular formula is C23H24N4O. The first-order valence-electron chi connectivity index (χ1n) is 9.81. The zero-order valence-corrected chi connectivity index (χ0v) is 16.0. The third kappa shape index (κ3) is 2.79. The predicted molar refractivity (Wildman–Crippen MR) is 113 cm³/mol. The normalized spacial score (nSPS) is 16.2. The van der Waals surface area contributed by atoms with Crippen molar-refractivity contribution in [2.75, 3.05) is 20.1 Å². The van der Waals surface area contributed by atoms with Crippen LogP contribution in [-0.4, -0.2) is 40.5 Å². The number of rotatable bonds is 3. The van der Waals surface area contributed by atoms with Crippen molar-refractivity contribution in [3.8, 4) is 5.82 Å². The number of hydrogen-bond acceptors (Lipinski definition) is 2. The fraction of sp³-hybridized carbons (Fsp3) is 0.261. The second kappa shape index (κ2) is 6.53. The number of carbonyl (C=O) groups excluding carboxylic acids is 1. The second-order valence-corrected chi connectivity index (χ2v) is 7.87. The number of nitrogens with one attached hydrogen (secondary N) is 1. The molecule has 2 aromatic heterocycles. The highest BCUT2D eigenvalue weighted by Crippen LogP contribution is 2.36. The van der Waals surface area contributed by atoms with E-state index in [9.17, 15) is 4.79 Å². The SMILES string of the molecule is CN1CCC(c2cn(-c3cc4ccccc4[nH]3)c3ccc(C(N)=O)cc23)CC1. The fourth-order valence-corrected chi connectivity index (χ4v) is 4.44. The Hall–Kier alpha value is -3.05. The molecule has 1 aliphatic rings. The molecule has 4 aromatic rings. The molecule has 142 valence electrons. The average Bonchev–Trinajstić information content (AvgIpc) is 3.29. The second-order valence-electron chi connectivity index (χ2n) is 7.87. The van der Waals surface area contributed by atoms with Gasteiger partial charge in [0.05, 0.1) is 5.52 Å². The molecule has 0 unspecified atom stereocenters. The smallest absolute Gasteiger partial charge is 0.248 e. The van der Waals surface area contributed by atoms with Crippen LogP contribution in [0, 0.1) is 0 Å². The molecule has 3 N–H and O–H groups in total. The van der Waals surface area contributed by atoms with Crippen molar-refractivity contribution in [2.45, 2.75) is 18.8 Å². The van der Waals surface area contributed by atoms with E-state index in [1.807, 2.05) is 24.3 Å². The number of H-pyrrole nitrogens is 1. The number of piperidine rings is 1. The molecule has 0 aliphatic carbocycles. The van der Waals surface area contributed by atoms with Crippen LogP contribution in [0.2, 0.25) is 0 Å². The maximum absolute atomic E-state index is 11.8. The zero-order chi connectivity index (χ0) is 19.3. The van der Waals surface area contributed by atoms with E-state index in [0.29, 0.717) is 11.5 Å². The summed E-state index contributed by atoms with van der Waals surface area (Å²) in [6.07, 6.45) is 4.50. The summed E-state index contributed by atoms with van der Waals surface area (Å²) in [6.45, 7) is 2.19. The molecule has 2 aromatic carbocycles. The molecule has 1 saturated heterocycles. The minimum absolute atomic E-state index is 0.380. The van der Waals surface area contributed by atoms with Gasteiger partial charge in [0.25, 0.3) is 0 Å². The number of nitrogens with two attached hydrogens (primary N) is 1. The molecular weight excluding hydrogens is 348 g/mol. The fourth-order valence-electron chi connectivity index (χ4n) is 4.44. The average molecular weight is 372 g/mol. The van der Waals surface area contributed by atoms with Gasteiger partial charge in [-0.2, -0.15) is 0 Å². The van der Waals surface area contributed by atoms with Crippen LogP contribution in [0.1, 0.15) is 34.7 Å². The van der Waals surface area contributed by atoms with Gasteiger partial charge in [-0.3, -0.25) is 4.79 Å². The van der Waals surface area contributed by atoms with E-state index in [0.717, 1.165) is 48.2 Å². The van der Waals surface area contributed by atoms with Gasteiger partial charge in [0.1, 0.15) is 5.82 Å². The number of hydrogen-bond donors (Lipinski definition) is 2. The van der Waals surface area contributed by atoms with E-state index in [1.54, 1.807) is 0 Å². The zero-order valence-electron chi connectivity index (χ0n) is 16.0. The van der Waals surface area contributed by atoms with Gasteiger partial charge >= 0.3 is 0 Å². The van der Waals surface area contributed by atoms with Crippen molar-refractivity contribution in [3.05, 3.63) is 65.9 Å². The molecule has 1 fully saturated rings. The van der Waals surface area contributed by atoms with Crippen molar-refractivity contribution in [1.82, 2.24) is 14.5 Å². The number of likely N-dealkylation sites (tertiary alicyclic amines) is 1. The number of fused-ring (bicyclic) bond motifs is 2. The Labute approximate surface area is 163 Å². The number of benzene rings is 2. The summed E-state index contributed by atoms with van der Waals surface area (Å²) in [6, 6.07) is 16.3. The van der Waals surface area contributed by atoms with Crippen molar-refractivity contribution < 1.29 is 4.79 Å². The standard InChI is InChI=1S/C23H24N4O/c1-26-10-8-15(9-11-26)19-14-27(21-7-6-17(23(24)28)12-18(19)21)22-13-16-4-2-3-5-20(16)25-22/h2-7,12-15,25H,8-11H2,1H3,(H2,24,28). The maximum atomic E-state index is 11.8. The van der Waals surface area contributed by atoms with Crippen molar-refractivity contribution in [1.29, 1.82) is 0 Å². The van der Waals surface area contributed by atoms with Gasteiger partial charge in [-0.25, -0.2) is 0 Å². The Morgan fingerprint density at radius 1 is 1.11 bits per heavy atom. The quantitative estimate of drug-likeness (QED) is 0.570. The van der Waals surface area contributed by atoms with Crippen LogP contribution in [0.4, 0.5) is 0 Å². The van der Waals surface area contributed by atoms with E-state index in [-0.39, 0.29) is 5.91 Å². The van der Waals surface area contributed by atoms with Gasteiger partial charge in [0.2, 0.25) is 5.91 Å². The number of aromatic amines is 1. The van der Waals surface area contributed by atoms with Crippen molar-refractivity contribution in [2.24, 2.45) is 5.73 Å². The van der Waals surface area contributed by atoms with Crippen LogP contribution >= 0.6 is 0 Å². The van der Waals surface area contributed by atoms with Crippen LogP contribution in [0.25, 0.3) is 27.6 Å². The van der Waals surface area contributed by atoms with E-state index in [1.165, 1.54) is 10.9 Å². The van der Waals surface area contributed by atoms with E-state index in [2.05, 4.69) is 52.0 Å². The molecule has 1 amide bonds. The van der Waals surface area contributed by atoms with Gasteiger partial charge in [-0.05, 0) is 74.8 Å². The molecule has 5 nitrogen and oxygen atoms in total. The summed E-state index contributed by atoms with van der Waals surface area (Å²) in [4.78, 5) is 17.7. The minimum Gasteiger partial charge on any atom is -0.366 e. The number of aromatic nitrogens is 2. The summed E-state index contributed by atoms with van der Waals surface area (Å²) >= 11 is 0. The summed E-state index contributed by atoms with van der Waals surface area (Å²) in [5.74, 6) is 1.15. The molecule has 3 heterocycles. The Kier molecular flexibility index (Phi) is 3.98. The molecule has 5 rings (SSSR count). The van der Waals surface area contributed by atoms with Crippen LogP contribution in [0.5, 0.6) is 0 Å². The number of amides is 1. The summed E-state index contributed by atoms with van der Waals surface area (Å²) in [7, 11) is 2.18. The lowest BCUT2D eigenvalue weighted by Crippen LogP contribution is -2.29. The molecule has 5 heteroatoms. The first-order valence-corrected chi connectivity index (χ1v) is 9.81. The van der Waals surface area contributed by atoms with E-state index < -0.39 is 0 Å². The highest BCUT2D eigenvalue weighted by molar-refractivity contribution is 5.98. The molecule has 28 heavy (non-hydrogen) atoms. The lowest BCUT2D eigenvalue weighted by molar-refractivity contribution is 0.100. The van der Waals surface area contributed by atoms with Gasteiger partial charge in [0.15, 0.2) is 0 Å². The van der Waals surface area contributed by atoms with E-state index >= 15 is 0 Å². The van der Waals surface area contributed by atoms with Crippen LogP contribution < -0.4 is 5.73 Å².